The Kier molecular flexibility index (Phi) is 5.81. The summed E-state index contributed by atoms with van der Waals surface area (Å²) in [6, 6.07) is 5.71. The standard InChI is InChI=1S/C17H24N2O3/c1-12-6-5-9-15(13(12)2)22-11-17(21)19-18-16(20)10-14-7-3-4-8-14/h5-6,9,14H,3-4,7-8,10-11H2,1-2H3,(H,18,20)(H,19,21). The first-order chi connectivity index (χ1) is 10.6. The van der Waals surface area contributed by atoms with E-state index >= 15 is 0 Å². The lowest BCUT2D eigenvalue weighted by molar-refractivity contribution is -0.130. The summed E-state index contributed by atoms with van der Waals surface area (Å²) in [7, 11) is 0. The molecule has 0 heterocycles. The predicted molar refractivity (Wildman–Crippen MR) is 84.3 cm³/mol. The molecular weight excluding hydrogens is 280 g/mol. The van der Waals surface area contributed by atoms with Gasteiger partial charge in [0, 0.05) is 6.42 Å². The topological polar surface area (TPSA) is 67.4 Å². The highest BCUT2D eigenvalue weighted by Crippen LogP contribution is 2.27. The summed E-state index contributed by atoms with van der Waals surface area (Å²) in [6.07, 6.45) is 5.11. The SMILES string of the molecule is Cc1cccc(OCC(=O)NNC(=O)CC2CCCC2)c1C. The van der Waals surface area contributed by atoms with Gasteiger partial charge in [-0.2, -0.15) is 0 Å². The lowest BCUT2D eigenvalue weighted by atomic mass is 10.0. The fraction of sp³-hybridized carbons (Fsp3) is 0.529. The maximum absolute atomic E-state index is 11.7. The molecule has 120 valence electrons. The molecular formula is C17H24N2O3. The molecule has 0 saturated heterocycles. The number of ether oxygens (including phenoxy) is 1. The van der Waals surface area contributed by atoms with Gasteiger partial charge in [-0.25, -0.2) is 0 Å². The van der Waals surface area contributed by atoms with Crippen LogP contribution in [0, 0.1) is 19.8 Å². The van der Waals surface area contributed by atoms with Crippen LogP contribution < -0.4 is 15.6 Å². The molecule has 0 aromatic heterocycles. The van der Waals surface area contributed by atoms with Gasteiger partial charge in [0.15, 0.2) is 6.61 Å². The van der Waals surface area contributed by atoms with Crippen molar-refractivity contribution in [3.8, 4) is 5.75 Å². The minimum atomic E-state index is -0.360. The van der Waals surface area contributed by atoms with E-state index in [1.165, 1.54) is 12.8 Å². The van der Waals surface area contributed by atoms with Gasteiger partial charge in [-0.1, -0.05) is 25.0 Å². The van der Waals surface area contributed by atoms with Crippen LogP contribution in [0.1, 0.15) is 43.2 Å². The number of carbonyl (C=O) groups is 2. The summed E-state index contributed by atoms with van der Waals surface area (Å²) in [5.74, 6) is 0.656. The third-order valence-electron chi connectivity index (χ3n) is 4.20. The molecule has 0 atom stereocenters. The summed E-state index contributed by atoms with van der Waals surface area (Å²) < 4.78 is 5.48. The van der Waals surface area contributed by atoms with Crippen LogP contribution in [-0.2, 0) is 9.59 Å². The average Bonchev–Trinajstić information content (AvgIpc) is 2.99. The fourth-order valence-electron chi connectivity index (χ4n) is 2.73. The van der Waals surface area contributed by atoms with Crippen molar-refractivity contribution in [2.24, 2.45) is 5.92 Å². The Hall–Kier alpha value is -2.04. The molecule has 1 fully saturated rings. The zero-order chi connectivity index (χ0) is 15.9. The fourth-order valence-corrected chi connectivity index (χ4v) is 2.73. The maximum atomic E-state index is 11.7. The first-order valence-electron chi connectivity index (χ1n) is 7.83. The zero-order valence-electron chi connectivity index (χ0n) is 13.3. The van der Waals surface area contributed by atoms with E-state index in [1.54, 1.807) is 0 Å². The second-order valence-corrected chi connectivity index (χ2v) is 5.94. The van der Waals surface area contributed by atoms with Crippen LogP contribution in [0.4, 0.5) is 0 Å². The molecule has 0 radical (unpaired) electrons. The normalized spacial score (nSPS) is 14.6. The predicted octanol–water partition coefficient (Wildman–Crippen LogP) is 2.41. The van der Waals surface area contributed by atoms with Crippen LogP contribution >= 0.6 is 0 Å². The number of hydrogen-bond acceptors (Lipinski definition) is 3. The minimum Gasteiger partial charge on any atom is -0.483 e. The van der Waals surface area contributed by atoms with Crippen LogP contribution in [-0.4, -0.2) is 18.4 Å². The van der Waals surface area contributed by atoms with E-state index in [0.29, 0.717) is 18.1 Å². The Labute approximate surface area is 131 Å². The van der Waals surface area contributed by atoms with Gasteiger partial charge in [0.2, 0.25) is 5.91 Å². The molecule has 0 aliphatic heterocycles. The number of nitrogens with one attached hydrogen (secondary N) is 2. The Morgan fingerprint density at radius 3 is 2.55 bits per heavy atom. The van der Waals surface area contributed by atoms with Crippen LogP contribution in [0.3, 0.4) is 0 Å². The van der Waals surface area contributed by atoms with E-state index in [4.69, 9.17) is 4.74 Å². The Bertz CT molecular complexity index is 537. The monoisotopic (exact) mass is 304 g/mol. The minimum absolute atomic E-state index is 0.117. The van der Waals surface area contributed by atoms with E-state index in [0.717, 1.165) is 24.0 Å². The zero-order valence-corrected chi connectivity index (χ0v) is 13.3. The summed E-state index contributed by atoms with van der Waals surface area (Å²) in [4.78, 5) is 23.4. The molecule has 5 heteroatoms. The molecule has 2 amide bonds. The van der Waals surface area contributed by atoms with Crippen molar-refractivity contribution in [2.75, 3.05) is 6.61 Å². The number of hydrogen-bond donors (Lipinski definition) is 2. The lowest BCUT2D eigenvalue weighted by Crippen LogP contribution is -2.44. The molecule has 0 spiro atoms. The van der Waals surface area contributed by atoms with E-state index in [2.05, 4.69) is 10.9 Å². The van der Waals surface area contributed by atoms with Crippen molar-refractivity contribution < 1.29 is 14.3 Å². The van der Waals surface area contributed by atoms with Gasteiger partial charge >= 0.3 is 0 Å². The van der Waals surface area contributed by atoms with Crippen LogP contribution in [0.25, 0.3) is 0 Å². The van der Waals surface area contributed by atoms with Crippen molar-refractivity contribution in [2.45, 2.75) is 46.0 Å². The largest absolute Gasteiger partial charge is 0.483 e. The Morgan fingerprint density at radius 1 is 1.14 bits per heavy atom. The summed E-state index contributed by atoms with van der Waals surface area (Å²) in [5.41, 5.74) is 6.98. The van der Waals surface area contributed by atoms with E-state index in [-0.39, 0.29) is 18.4 Å². The van der Waals surface area contributed by atoms with Gasteiger partial charge in [0.25, 0.3) is 5.91 Å². The van der Waals surface area contributed by atoms with Gasteiger partial charge in [0.05, 0.1) is 0 Å². The van der Waals surface area contributed by atoms with Gasteiger partial charge in [-0.15, -0.1) is 0 Å². The van der Waals surface area contributed by atoms with Gasteiger partial charge < -0.3 is 4.74 Å². The molecule has 5 nitrogen and oxygen atoms in total. The van der Waals surface area contributed by atoms with Crippen molar-refractivity contribution in [1.82, 2.24) is 10.9 Å². The molecule has 2 N–H and O–H groups in total. The molecule has 0 bridgehead atoms. The van der Waals surface area contributed by atoms with E-state index in [1.807, 2.05) is 32.0 Å². The average molecular weight is 304 g/mol. The molecule has 0 unspecified atom stereocenters. The molecule has 1 saturated carbocycles. The Balaban J connectivity index is 1.69. The highest BCUT2D eigenvalue weighted by atomic mass is 16.5. The Morgan fingerprint density at radius 2 is 1.82 bits per heavy atom. The maximum Gasteiger partial charge on any atom is 0.276 e. The second-order valence-electron chi connectivity index (χ2n) is 5.94. The number of benzene rings is 1. The number of carbonyl (C=O) groups excluding carboxylic acids is 2. The van der Waals surface area contributed by atoms with Gasteiger partial charge in [-0.05, 0) is 49.8 Å². The van der Waals surface area contributed by atoms with Gasteiger partial charge in [0.1, 0.15) is 5.75 Å². The second kappa shape index (κ2) is 7.82. The number of hydrazine groups is 1. The third kappa shape index (κ3) is 4.76. The van der Waals surface area contributed by atoms with Crippen LogP contribution in [0.2, 0.25) is 0 Å². The first kappa shape index (κ1) is 16.3. The van der Waals surface area contributed by atoms with E-state index < -0.39 is 0 Å². The first-order valence-corrected chi connectivity index (χ1v) is 7.83. The van der Waals surface area contributed by atoms with Crippen molar-refractivity contribution in [3.63, 3.8) is 0 Å². The highest BCUT2D eigenvalue weighted by molar-refractivity contribution is 5.82. The van der Waals surface area contributed by atoms with Crippen molar-refractivity contribution in [3.05, 3.63) is 29.3 Å². The van der Waals surface area contributed by atoms with Crippen LogP contribution in [0.5, 0.6) is 5.75 Å². The third-order valence-corrected chi connectivity index (χ3v) is 4.20. The lowest BCUT2D eigenvalue weighted by Gasteiger charge is -2.12. The molecule has 2 rings (SSSR count). The summed E-state index contributed by atoms with van der Waals surface area (Å²) in [5, 5.41) is 0. The summed E-state index contributed by atoms with van der Waals surface area (Å²) >= 11 is 0. The van der Waals surface area contributed by atoms with Gasteiger partial charge in [-0.3, -0.25) is 20.4 Å². The summed E-state index contributed by atoms with van der Waals surface area (Å²) in [6.45, 7) is 3.82. The molecule has 1 aromatic carbocycles. The molecule has 1 aliphatic rings. The molecule has 22 heavy (non-hydrogen) atoms. The number of amides is 2. The quantitative estimate of drug-likeness (QED) is 0.821. The van der Waals surface area contributed by atoms with Crippen molar-refractivity contribution >= 4 is 11.8 Å². The number of rotatable bonds is 5. The highest BCUT2D eigenvalue weighted by Gasteiger charge is 2.18. The van der Waals surface area contributed by atoms with E-state index in [9.17, 15) is 9.59 Å². The smallest absolute Gasteiger partial charge is 0.276 e. The van der Waals surface area contributed by atoms with Crippen molar-refractivity contribution in [1.29, 1.82) is 0 Å². The van der Waals surface area contributed by atoms with Crippen LogP contribution in [0.15, 0.2) is 18.2 Å². The molecule has 1 aromatic rings. The number of aryl methyl sites for hydroxylation is 1. The molecule has 1 aliphatic carbocycles.